The Balaban J connectivity index is 1.81. The van der Waals surface area contributed by atoms with E-state index in [1.807, 2.05) is 0 Å². The van der Waals surface area contributed by atoms with E-state index < -0.39 is 12.0 Å². The molecule has 0 fully saturated rings. The molecule has 8 heteroatoms. The summed E-state index contributed by atoms with van der Waals surface area (Å²) in [6.45, 7) is 3.57. The molecule has 0 aliphatic carbocycles. The second kappa shape index (κ2) is 6.12. The predicted octanol–water partition coefficient (Wildman–Crippen LogP) is 1.58. The van der Waals surface area contributed by atoms with Crippen molar-refractivity contribution in [3.8, 4) is 0 Å². The number of hydrogen-bond acceptors (Lipinski definition) is 5. The number of aromatic nitrogens is 1. The first-order valence-corrected chi connectivity index (χ1v) is 6.21. The molecule has 3 N–H and O–H groups in total. The number of aryl methyl sites for hydroxylation is 2. The van der Waals surface area contributed by atoms with E-state index in [0.29, 0.717) is 23.2 Å². The van der Waals surface area contributed by atoms with Gasteiger partial charge in [-0.05, 0) is 19.9 Å². The molecule has 0 bridgehead atoms. The number of carbonyl (C=O) groups excluding carboxylic acids is 1. The number of aromatic carboxylic acids is 1. The molecule has 2 amide bonds. The van der Waals surface area contributed by atoms with Crippen LogP contribution in [0.3, 0.4) is 0 Å². The van der Waals surface area contributed by atoms with E-state index in [4.69, 9.17) is 13.9 Å². The molecule has 21 heavy (non-hydrogen) atoms. The summed E-state index contributed by atoms with van der Waals surface area (Å²) < 4.78 is 10.4. The van der Waals surface area contributed by atoms with Crippen LogP contribution in [0.1, 0.15) is 33.5 Å². The fraction of sp³-hybridized carbons (Fsp3) is 0.308. The van der Waals surface area contributed by atoms with Gasteiger partial charge in [0.05, 0.1) is 19.3 Å². The maximum absolute atomic E-state index is 11.6. The number of carbonyl (C=O) groups is 2. The minimum atomic E-state index is -1.06. The second-order valence-corrected chi connectivity index (χ2v) is 4.39. The van der Waals surface area contributed by atoms with Gasteiger partial charge in [0, 0.05) is 0 Å². The predicted molar refractivity (Wildman–Crippen MR) is 70.7 cm³/mol. The first kappa shape index (κ1) is 14.6. The monoisotopic (exact) mass is 293 g/mol. The number of furan rings is 1. The van der Waals surface area contributed by atoms with Crippen molar-refractivity contribution in [3.05, 3.63) is 41.0 Å². The summed E-state index contributed by atoms with van der Waals surface area (Å²) in [5.41, 5.74) is 0.0856. The van der Waals surface area contributed by atoms with Crippen LogP contribution in [0.2, 0.25) is 0 Å². The number of oxazole rings is 1. The highest BCUT2D eigenvalue weighted by Crippen LogP contribution is 2.14. The zero-order chi connectivity index (χ0) is 15.4. The van der Waals surface area contributed by atoms with Gasteiger partial charge in [-0.2, -0.15) is 0 Å². The molecule has 0 spiro atoms. The van der Waals surface area contributed by atoms with Crippen LogP contribution >= 0.6 is 0 Å². The Bertz CT molecular complexity index is 659. The minimum Gasteiger partial charge on any atom is -0.478 e. The third-order valence-corrected chi connectivity index (χ3v) is 2.69. The molecule has 2 aromatic heterocycles. The summed E-state index contributed by atoms with van der Waals surface area (Å²) in [5.74, 6) is 0.678. The molecule has 0 aromatic carbocycles. The number of nitrogens with zero attached hydrogens (tertiary/aromatic N) is 1. The zero-order valence-electron chi connectivity index (χ0n) is 11.6. The summed E-state index contributed by atoms with van der Waals surface area (Å²) in [6, 6.07) is 0.951. The fourth-order valence-electron chi connectivity index (χ4n) is 1.71. The van der Waals surface area contributed by atoms with Crippen molar-refractivity contribution in [1.29, 1.82) is 0 Å². The van der Waals surface area contributed by atoms with Crippen molar-refractivity contribution in [3.63, 3.8) is 0 Å². The van der Waals surface area contributed by atoms with Gasteiger partial charge in [0.25, 0.3) is 0 Å². The van der Waals surface area contributed by atoms with Crippen LogP contribution in [-0.2, 0) is 13.1 Å². The number of carboxylic acids is 1. The van der Waals surface area contributed by atoms with Crippen LogP contribution < -0.4 is 10.6 Å². The average Bonchev–Trinajstić information content (AvgIpc) is 3.00. The largest absolute Gasteiger partial charge is 0.478 e. The van der Waals surface area contributed by atoms with Gasteiger partial charge in [0.15, 0.2) is 0 Å². The Morgan fingerprint density at radius 2 is 1.95 bits per heavy atom. The van der Waals surface area contributed by atoms with Gasteiger partial charge in [-0.15, -0.1) is 0 Å². The summed E-state index contributed by atoms with van der Waals surface area (Å²) >= 11 is 0. The van der Waals surface area contributed by atoms with Gasteiger partial charge in [0.1, 0.15) is 22.8 Å². The molecule has 0 aliphatic rings. The van der Waals surface area contributed by atoms with Crippen molar-refractivity contribution in [2.24, 2.45) is 0 Å². The molecule has 0 aliphatic heterocycles. The van der Waals surface area contributed by atoms with Gasteiger partial charge in [-0.1, -0.05) is 0 Å². The van der Waals surface area contributed by atoms with Crippen molar-refractivity contribution in [1.82, 2.24) is 15.6 Å². The molecular weight excluding hydrogens is 278 g/mol. The molecule has 0 unspecified atom stereocenters. The molecule has 0 saturated heterocycles. The number of amides is 2. The molecule has 112 valence electrons. The zero-order valence-corrected chi connectivity index (χ0v) is 11.6. The van der Waals surface area contributed by atoms with Crippen LogP contribution in [0, 0.1) is 13.8 Å². The molecule has 2 heterocycles. The topological polar surface area (TPSA) is 118 Å². The van der Waals surface area contributed by atoms with Crippen LogP contribution in [0.25, 0.3) is 0 Å². The summed E-state index contributed by atoms with van der Waals surface area (Å²) in [6.07, 6.45) is 1.56. The Morgan fingerprint density at radius 3 is 2.52 bits per heavy atom. The van der Waals surface area contributed by atoms with Crippen LogP contribution in [-0.4, -0.2) is 22.1 Å². The number of carboxylic acid groups (broad SMARTS) is 1. The lowest BCUT2D eigenvalue weighted by Crippen LogP contribution is -2.34. The first-order chi connectivity index (χ1) is 9.95. The lowest BCUT2D eigenvalue weighted by Gasteiger charge is -2.04. The SMILES string of the molecule is Cc1cnc(CNC(=O)NCc2cc(C(=O)O)c(C)o2)o1. The summed E-state index contributed by atoms with van der Waals surface area (Å²) in [4.78, 5) is 26.4. The highest BCUT2D eigenvalue weighted by molar-refractivity contribution is 5.88. The van der Waals surface area contributed by atoms with Crippen molar-refractivity contribution in [2.75, 3.05) is 0 Å². The third kappa shape index (κ3) is 3.85. The molecule has 2 rings (SSSR count). The lowest BCUT2D eigenvalue weighted by atomic mass is 10.2. The lowest BCUT2D eigenvalue weighted by molar-refractivity contribution is 0.0695. The maximum Gasteiger partial charge on any atom is 0.339 e. The van der Waals surface area contributed by atoms with E-state index in [9.17, 15) is 9.59 Å². The quantitative estimate of drug-likeness (QED) is 0.770. The minimum absolute atomic E-state index is 0.0856. The number of rotatable bonds is 5. The van der Waals surface area contributed by atoms with Crippen LogP contribution in [0.4, 0.5) is 4.79 Å². The molecule has 8 nitrogen and oxygen atoms in total. The van der Waals surface area contributed by atoms with Crippen molar-refractivity contribution < 1.29 is 23.5 Å². The summed E-state index contributed by atoms with van der Waals surface area (Å²) in [5, 5.41) is 14.0. The van der Waals surface area contributed by atoms with E-state index in [1.165, 1.54) is 6.07 Å². The smallest absolute Gasteiger partial charge is 0.339 e. The normalized spacial score (nSPS) is 10.4. The Labute approximate surface area is 120 Å². The van der Waals surface area contributed by atoms with E-state index in [0.717, 1.165) is 0 Å². The maximum atomic E-state index is 11.6. The highest BCUT2D eigenvalue weighted by atomic mass is 16.4. The Hall–Kier alpha value is -2.77. The standard InChI is InChI=1S/C13H15N3O5/c1-7-4-14-11(20-7)6-16-13(19)15-5-9-3-10(12(17)18)8(2)21-9/h3-4H,5-6H2,1-2H3,(H,17,18)(H2,15,16,19). The molecule has 2 aromatic rings. The Kier molecular flexibility index (Phi) is 4.27. The van der Waals surface area contributed by atoms with Crippen molar-refractivity contribution >= 4 is 12.0 Å². The number of nitrogens with one attached hydrogen (secondary N) is 2. The highest BCUT2D eigenvalue weighted by Gasteiger charge is 2.14. The second-order valence-electron chi connectivity index (χ2n) is 4.39. The van der Waals surface area contributed by atoms with Gasteiger partial charge >= 0.3 is 12.0 Å². The van der Waals surface area contributed by atoms with E-state index >= 15 is 0 Å². The average molecular weight is 293 g/mol. The van der Waals surface area contributed by atoms with Gasteiger partial charge < -0.3 is 24.6 Å². The van der Waals surface area contributed by atoms with E-state index in [-0.39, 0.29) is 18.7 Å². The fourth-order valence-corrected chi connectivity index (χ4v) is 1.71. The van der Waals surface area contributed by atoms with Gasteiger partial charge in [0.2, 0.25) is 5.89 Å². The number of urea groups is 1. The molecule has 0 radical (unpaired) electrons. The molecule has 0 saturated carbocycles. The molecule has 0 atom stereocenters. The van der Waals surface area contributed by atoms with Gasteiger partial charge in [-0.3, -0.25) is 0 Å². The van der Waals surface area contributed by atoms with Crippen LogP contribution in [0.15, 0.2) is 21.1 Å². The first-order valence-electron chi connectivity index (χ1n) is 6.21. The van der Waals surface area contributed by atoms with E-state index in [1.54, 1.807) is 20.0 Å². The third-order valence-electron chi connectivity index (χ3n) is 2.69. The molecular formula is C13H15N3O5. The number of hydrogen-bond donors (Lipinski definition) is 3. The van der Waals surface area contributed by atoms with Crippen LogP contribution in [0.5, 0.6) is 0 Å². The summed E-state index contributed by atoms with van der Waals surface area (Å²) in [7, 11) is 0. The van der Waals surface area contributed by atoms with E-state index in [2.05, 4.69) is 15.6 Å². The van der Waals surface area contributed by atoms with Gasteiger partial charge in [-0.25, -0.2) is 14.6 Å². The Morgan fingerprint density at radius 1 is 1.24 bits per heavy atom. The van der Waals surface area contributed by atoms with Crippen molar-refractivity contribution in [2.45, 2.75) is 26.9 Å².